The summed E-state index contributed by atoms with van der Waals surface area (Å²) >= 11 is 0. The standard InChI is InChI=1S/C19H23NO12/c1-9(21)30-15-13(8-29-19(28)12(23)6-14(24)25)32-17(16(15)31-10(2)22)20-5-3-4-11(7-20)18(26)27/h3,5,7,12-13,15-17,23H,4,6,8H2,1-2H3,(H,24,25)(H,26,27)/t12-,13?,15+,16+,17+/m0/s1. The summed E-state index contributed by atoms with van der Waals surface area (Å²) in [5.41, 5.74) is 0.0217. The van der Waals surface area contributed by atoms with E-state index in [9.17, 15) is 34.2 Å². The van der Waals surface area contributed by atoms with Crippen molar-refractivity contribution in [1.82, 2.24) is 4.90 Å². The Balaban J connectivity index is 2.25. The Morgan fingerprint density at radius 3 is 2.31 bits per heavy atom. The molecule has 0 aromatic rings. The van der Waals surface area contributed by atoms with E-state index in [1.165, 1.54) is 23.4 Å². The molecule has 2 aliphatic rings. The molecule has 13 nitrogen and oxygen atoms in total. The number of aliphatic hydroxyl groups excluding tert-OH is 1. The number of aliphatic carboxylic acids is 2. The molecule has 0 radical (unpaired) electrons. The zero-order valence-electron chi connectivity index (χ0n) is 17.2. The SMILES string of the molecule is CC(=O)O[C@@H]1[C@H](OC(C)=O)C(COC(=O)[C@@H](O)CC(=O)O)O[C@H]1N1C=CCC(C(=O)O)=C1. The molecule has 5 atom stereocenters. The van der Waals surface area contributed by atoms with Crippen molar-refractivity contribution in [3.63, 3.8) is 0 Å². The summed E-state index contributed by atoms with van der Waals surface area (Å²) in [6, 6.07) is 0. The van der Waals surface area contributed by atoms with Crippen LogP contribution in [0.15, 0.2) is 24.0 Å². The molecule has 2 rings (SSSR count). The lowest BCUT2D eigenvalue weighted by Crippen LogP contribution is -2.45. The summed E-state index contributed by atoms with van der Waals surface area (Å²) in [5, 5.41) is 27.4. The molecule has 0 spiro atoms. The molecule has 176 valence electrons. The van der Waals surface area contributed by atoms with Gasteiger partial charge in [-0.25, -0.2) is 9.59 Å². The van der Waals surface area contributed by atoms with Crippen molar-refractivity contribution in [2.75, 3.05) is 6.61 Å². The fourth-order valence-corrected chi connectivity index (χ4v) is 3.12. The van der Waals surface area contributed by atoms with Crippen LogP contribution >= 0.6 is 0 Å². The number of rotatable bonds is 9. The van der Waals surface area contributed by atoms with Gasteiger partial charge in [-0.3, -0.25) is 14.4 Å². The summed E-state index contributed by atoms with van der Waals surface area (Å²) < 4.78 is 21.1. The fraction of sp³-hybridized carbons (Fsp3) is 0.526. The van der Waals surface area contributed by atoms with Crippen molar-refractivity contribution in [3.8, 4) is 0 Å². The molecule has 3 N–H and O–H groups in total. The first-order valence-corrected chi connectivity index (χ1v) is 9.44. The van der Waals surface area contributed by atoms with Crippen LogP contribution in [-0.4, -0.2) is 87.3 Å². The number of carboxylic acid groups (broad SMARTS) is 2. The molecule has 0 bridgehead atoms. The zero-order chi connectivity index (χ0) is 24.0. The molecule has 0 aliphatic carbocycles. The molecule has 0 aromatic heterocycles. The van der Waals surface area contributed by atoms with Crippen LogP contribution in [0.2, 0.25) is 0 Å². The number of aliphatic hydroxyl groups is 1. The Labute approximate surface area is 181 Å². The lowest BCUT2D eigenvalue weighted by molar-refractivity contribution is -0.168. The maximum atomic E-state index is 11.8. The maximum Gasteiger partial charge on any atom is 0.335 e. The Kier molecular flexibility index (Phi) is 8.32. The Morgan fingerprint density at radius 1 is 1.12 bits per heavy atom. The lowest BCUT2D eigenvalue weighted by Gasteiger charge is -2.30. The van der Waals surface area contributed by atoms with Gasteiger partial charge in [-0.15, -0.1) is 0 Å². The van der Waals surface area contributed by atoms with Crippen LogP contribution in [0.5, 0.6) is 0 Å². The van der Waals surface area contributed by atoms with E-state index in [1.807, 2.05) is 0 Å². The largest absolute Gasteiger partial charge is 0.481 e. The first-order valence-electron chi connectivity index (χ1n) is 9.44. The summed E-state index contributed by atoms with van der Waals surface area (Å²) in [7, 11) is 0. The Morgan fingerprint density at radius 2 is 1.75 bits per heavy atom. The van der Waals surface area contributed by atoms with Crippen LogP contribution in [0.4, 0.5) is 0 Å². The van der Waals surface area contributed by atoms with Gasteiger partial charge in [0.1, 0.15) is 12.7 Å². The molecule has 0 amide bonds. The molecule has 0 aromatic carbocycles. The highest BCUT2D eigenvalue weighted by molar-refractivity contribution is 5.87. The molecule has 0 saturated carbocycles. The number of carboxylic acids is 2. The average molecular weight is 457 g/mol. The number of allylic oxidation sites excluding steroid dienone is 1. The Hall–Kier alpha value is -3.45. The molecule has 2 heterocycles. The number of hydrogen-bond donors (Lipinski definition) is 3. The van der Waals surface area contributed by atoms with Crippen LogP contribution in [0.1, 0.15) is 26.7 Å². The Bertz CT molecular complexity index is 834. The van der Waals surface area contributed by atoms with Gasteiger partial charge in [0.05, 0.1) is 12.0 Å². The minimum atomic E-state index is -1.92. The molecule has 32 heavy (non-hydrogen) atoms. The van der Waals surface area contributed by atoms with Crippen LogP contribution in [-0.2, 0) is 42.9 Å². The summed E-state index contributed by atoms with van der Waals surface area (Å²) in [6.45, 7) is 1.64. The number of esters is 3. The predicted octanol–water partition coefficient (Wildman–Crippen LogP) is -0.859. The third-order valence-electron chi connectivity index (χ3n) is 4.41. The molecule has 1 unspecified atom stereocenters. The van der Waals surface area contributed by atoms with Gasteiger partial charge in [0.15, 0.2) is 24.5 Å². The molecule has 2 aliphatic heterocycles. The summed E-state index contributed by atoms with van der Waals surface area (Å²) in [4.78, 5) is 58.4. The van der Waals surface area contributed by atoms with E-state index in [4.69, 9.17) is 24.1 Å². The maximum absolute atomic E-state index is 11.8. The average Bonchev–Trinajstić information content (AvgIpc) is 3.01. The van der Waals surface area contributed by atoms with Crippen LogP contribution < -0.4 is 0 Å². The van der Waals surface area contributed by atoms with E-state index < -0.39 is 73.5 Å². The molecular weight excluding hydrogens is 434 g/mol. The van der Waals surface area contributed by atoms with Crippen LogP contribution in [0.3, 0.4) is 0 Å². The lowest BCUT2D eigenvalue weighted by atomic mass is 10.1. The van der Waals surface area contributed by atoms with Gasteiger partial charge in [0, 0.05) is 32.7 Å². The minimum Gasteiger partial charge on any atom is -0.481 e. The second-order valence-electron chi connectivity index (χ2n) is 6.95. The van der Waals surface area contributed by atoms with E-state index in [0.29, 0.717) is 0 Å². The number of nitrogens with zero attached hydrogens (tertiary/aromatic N) is 1. The monoisotopic (exact) mass is 457 g/mol. The van der Waals surface area contributed by atoms with E-state index in [0.717, 1.165) is 13.8 Å². The highest BCUT2D eigenvalue weighted by Crippen LogP contribution is 2.32. The first-order chi connectivity index (χ1) is 15.0. The minimum absolute atomic E-state index is 0.0217. The van der Waals surface area contributed by atoms with E-state index in [-0.39, 0.29) is 12.0 Å². The summed E-state index contributed by atoms with van der Waals surface area (Å²) in [5.74, 6) is -5.32. The number of carbonyl (C=O) groups excluding carboxylic acids is 3. The van der Waals surface area contributed by atoms with Crippen LogP contribution in [0, 0.1) is 0 Å². The second-order valence-corrected chi connectivity index (χ2v) is 6.95. The van der Waals surface area contributed by atoms with Crippen molar-refractivity contribution in [2.24, 2.45) is 0 Å². The third-order valence-corrected chi connectivity index (χ3v) is 4.41. The predicted molar refractivity (Wildman–Crippen MR) is 100 cm³/mol. The third kappa shape index (κ3) is 6.52. The molecule has 13 heteroatoms. The van der Waals surface area contributed by atoms with E-state index in [1.54, 1.807) is 0 Å². The highest BCUT2D eigenvalue weighted by Gasteiger charge is 2.51. The van der Waals surface area contributed by atoms with Crippen molar-refractivity contribution in [3.05, 3.63) is 24.0 Å². The van der Waals surface area contributed by atoms with Crippen molar-refractivity contribution in [2.45, 2.75) is 57.3 Å². The number of carbonyl (C=O) groups is 5. The molecule has 1 saturated heterocycles. The van der Waals surface area contributed by atoms with Gasteiger partial charge >= 0.3 is 29.8 Å². The zero-order valence-corrected chi connectivity index (χ0v) is 17.2. The number of hydrogen-bond acceptors (Lipinski definition) is 11. The van der Waals surface area contributed by atoms with Gasteiger partial charge in [-0.05, 0) is 0 Å². The quantitative estimate of drug-likeness (QED) is 0.287. The van der Waals surface area contributed by atoms with Crippen molar-refractivity contribution >= 4 is 29.8 Å². The second kappa shape index (κ2) is 10.7. The summed E-state index contributed by atoms with van der Waals surface area (Å²) in [6.07, 6.45) is -3.15. The van der Waals surface area contributed by atoms with Crippen LogP contribution in [0.25, 0.3) is 0 Å². The van der Waals surface area contributed by atoms with Gasteiger partial charge in [0.25, 0.3) is 0 Å². The van der Waals surface area contributed by atoms with Crippen molar-refractivity contribution in [1.29, 1.82) is 0 Å². The topological polar surface area (TPSA) is 186 Å². The molecule has 1 fully saturated rings. The van der Waals surface area contributed by atoms with Crippen molar-refractivity contribution < 1.29 is 58.2 Å². The smallest absolute Gasteiger partial charge is 0.335 e. The van der Waals surface area contributed by atoms with Gasteiger partial charge in [-0.2, -0.15) is 0 Å². The normalized spacial score (nSPS) is 25.5. The van der Waals surface area contributed by atoms with Gasteiger partial charge < -0.3 is 39.2 Å². The highest BCUT2D eigenvalue weighted by atomic mass is 16.7. The first kappa shape index (κ1) is 24.8. The number of ether oxygens (including phenoxy) is 4. The van der Waals surface area contributed by atoms with E-state index in [2.05, 4.69) is 0 Å². The fourth-order valence-electron chi connectivity index (χ4n) is 3.12. The molecular formula is C19H23NO12. The van der Waals surface area contributed by atoms with E-state index >= 15 is 0 Å². The van der Waals surface area contributed by atoms with Gasteiger partial charge in [0.2, 0.25) is 0 Å². The van der Waals surface area contributed by atoms with Gasteiger partial charge in [-0.1, -0.05) is 6.08 Å².